The number of amides is 1. The molecule has 0 radical (unpaired) electrons. The Morgan fingerprint density at radius 2 is 2.17 bits per heavy atom. The van der Waals surface area contributed by atoms with Crippen LogP contribution >= 0.6 is 15.9 Å². The van der Waals surface area contributed by atoms with Crippen LogP contribution in [0.4, 0.5) is 5.69 Å². The molecule has 1 aliphatic heterocycles. The van der Waals surface area contributed by atoms with Gasteiger partial charge in [0, 0.05) is 22.4 Å². The van der Waals surface area contributed by atoms with Crippen LogP contribution in [0.2, 0.25) is 0 Å². The molecular weight excluding hydrogens is 218 g/mol. The van der Waals surface area contributed by atoms with Crippen molar-refractivity contribution in [2.75, 3.05) is 4.90 Å². The van der Waals surface area contributed by atoms with Crippen LogP contribution in [-0.4, -0.2) is 5.91 Å². The number of carbonyl (C=O) groups is 1. The maximum absolute atomic E-state index is 11.0. The molecule has 1 heterocycles. The monoisotopic (exact) mass is 223 g/mol. The topological polar surface area (TPSA) is 20.3 Å². The van der Waals surface area contributed by atoms with Crippen LogP contribution in [0, 0.1) is 0 Å². The van der Waals surface area contributed by atoms with Crippen molar-refractivity contribution >= 4 is 27.5 Å². The molecule has 0 saturated heterocycles. The first-order valence-electron chi connectivity index (χ1n) is 3.54. The summed E-state index contributed by atoms with van der Waals surface area (Å²) in [7, 11) is 0. The van der Waals surface area contributed by atoms with Gasteiger partial charge in [-0.2, -0.15) is 0 Å². The van der Waals surface area contributed by atoms with Gasteiger partial charge in [0.2, 0.25) is 0 Å². The van der Waals surface area contributed by atoms with Crippen LogP contribution in [0.3, 0.4) is 0 Å². The van der Waals surface area contributed by atoms with Gasteiger partial charge < -0.3 is 0 Å². The molecule has 12 heavy (non-hydrogen) atoms. The van der Waals surface area contributed by atoms with Crippen molar-refractivity contribution in [2.24, 2.45) is 0 Å². The van der Waals surface area contributed by atoms with Crippen LogP contribution in [0.15, 0.2) is 41.0 Å². The molecule has 2 rings (SSSR count). The normalized spacial score (nSPS) is 14.8. The van der Waals surface area contributed by atoms with Crippen LogP contribution in [0.5, 0.6) is 0 Å². The molecular formula is C9H6BrNO. The molecule has 1 aromatic carbocycles. The summed E-state index contributed by atoms with van der Waals surface area (Å²) in [6.07, 6.45) is 3.30. The van der Waals surface area contributed by atoms with E-state index in [1.807, 2.05) is 24.3 Å². The summed E-state index contributed by atoms with van der Waals surface area (Å²) < 4.78 is 0.980. The molecule has 1 aliphatic rings. The van der Waals surface area contributed by atoms with Gasteiger partial charge in [0.05, 0.1) is 0 Å². The van der Waals surface area contributed by atoms with Gasteiger partial charge in [0.1, 0.15) is 0 Å². The Kier molecular flexibility index (Phi) is 1.73. The third kappa shape index (κ3) is 1.16. The van der Waals surface area contributed by atoms with E-state index in [0.29, 0.717) is 0 Å². The molecule has 0 bridgehead atoms. The molecule has 0 spiro atoms. The minimum Gasteiger partial charge on any atom is -0.284 e. The van der Waals surface area contributed by atoms with Gasteiger partial charge in [-0.25, -0.2) is 0 Å². The smallest absolute Gasteiger partial charge is 0.256 e. The van der Waals surface area contributed by atoms with E-state index in [1.165, 1.54) is 0 Å². The van der Waals surface area contributed by atoms with E-state index in [1.54, 1.807) is 17.2 Å². The predicted molar refractivity (Wildman–Crippen MR) is 50.8 cm³/mol. The number of hydrogen-bond donors (Lipinski definition) is 0. The van der Waals surface area contributed by atoms with Crippen molar-refractivity contribution in [3.8, 4) is 0 Å². The summed E-state index contributed by atoms with van der Waals surface area (Å²) in [5, 5.41) is 0. The molecule has 2 nitrogen and oxygen atoms in total. The number of anilines is 1. The number of benzene rings is 1. The third-order valence-electron chi connectivity index (χ3n) is 1.69. The minimum absolute atomic E-state index is 0.0353. The standard InChI is InChI=1S/C9H6BrNO/c10-7-2-1-3-8(6-7)11-5-4-9(11)12/h1-6H. The highest BCUT2D eigenvalue weighted by Crippen LogP contribution is 2.23. The zero-order chi connectivity index (χ0) is 8.55. The van der Waals surface area contributed by atoms with E-state index < -0.39 is 0 Å². The van der Waals surface area contributed by atoms with Crippen LogP contribution in [0.1, 0.15) is 0 Å². The van der Waals surface area contributed by atoms with Gasteiger partial charge >= 0.3 is 0 Å². The molecule has 0 aromatic heterocycles. The van der Waals surface area contributed by atoms with Gasteiger partial charge in [0.25, 0.3) is 5.91 Å². The zero-order valence-corrected chi connectivity index (χ0v) is 7.78. The predicted octanol–water partition coefficient (Wildman–Crippen LogP) is 2.31. The Balaban J connectivity index is 2.35. The van der Waals surface area contributed by atoms with Crippen LogP contribution in [-0.2, 0) is 4.79 Å². The van der Waals surface area contributed by atoms with Gasteiger partial charge in [-0.1, -0.05) is 22.0 Å². The van der Waals surface area contributed by atoms with Crippen molar-refractivity contribution < 1.29 is 4.79 Å². The van der Waals surface area contributed by atoms with E-state index >= 15 is 0 Å². The molecule has 0 fully saturated rings. The number of rotatable bonds is 1. The number of halogens is 1. The Labute approximate surface area is 78.6 Å². The molecule has 0 atom stereocenters. The summed E-state index contributed by atoms with van der Waals surface area (Å²) in [5.74, 6) is 0.0353. The summed E-state index contributed by atoms with van der Waals surface area (Å²) in [4.78, 5) is 12.6. The maximum Gasteiger partial charge on any atom is 0.256 e. The van der Waals surface area contributed by atoms with Crippen molar-refractivity contribution in [3.63, 3.8) is 0 Å². The largest absolute Gasteiger partial charge is 0.284 e. The van der Waals surface area contributed by atoms with Gasteiger partial charge in [-0.15, -0.1) is 0 Å². The van der Waals surface area contributed by atoms with Gasteiger partial charge in [0.15, 0.2) is 0 Å². The van der Waals surface area contributed by atoms with E-state index in [0.717, 1.165) is 10.2 Å². The van der Waals surface area contributed by atoms with E-state index in [2.05, 4.69) is 15.9 Å². The quantitative estimate of drug-likeness (QED) is 0.716. The molecule has 0 N–H and O–H groups in total. The van der Waals surface area contributed by atoms with E-state index in [-0.39, 0.29) is 5.91 Å². The van der Waals surface area contributed by atoms with Crippen LogP contribution in [0.25, 0.3) is 0 Å². The highest BCUT2D eigenvalue weighted by molar-refractivity contribution is 9.10. The van der Waals surface area contributed by atoms with Crippen molar-refractivity contribution in [1.29, 1.82) is 0 Å². The second kappa shape index (κ2) is 2.75. The first kappa shape index (κ1) is 7.55. The average molecular weight is 224 g/mol. The molecule has 60 valence electrons. The minimum atomic E-state index is 0.0353. The number of hydrogen-bond acceptors (Lipinski definition) is 1. The highest BCUT2D eigenvalue weighted by Gasteiger charge is 2.17. The van der Waals surface area contributed by atoms with Gasteiger partial charge in [-0.05, 0) is 18.2 Å². The molecule has 0 aliphatic carbocycles. The third-order valence-corrected chi connectivity index (χ3v) is 2.18. The van der Waals surface area contributed by atoms with Crippen molar-refractivity contribution in [1.82, 2.24) is 0 Å². The molecule has 3 heteroatoms. The van der Waals surface area contributed by atoms with Crippen molar-refractivity contribution in [3.05, 3.63) is 41.0 Å². The average Bonchev–Trinajstić information content (AvgIpc) is 2.02. The summed E-state index contributed by atoms with van der Waals surface area (Å²) >= 11 is 3.34. The lowest BCUT2D eigenvalue weighted by Gasteiger charge is -2.22. The SMILES string of the molecule is O=C1C=CN1c1cccc(Br)c1. The first-order valence-corrected chi connectivity index (χ1v) is 4.33. The highest BCUT2D eigenvalue weighted by atomic mass is 79.9. The second-order valence-electron chi connectivity index (χ2n) is 2.50. The summed E-state index contributed by atoms with van der Waals surface area (Å²) in [6.45, 7) is 0. The second-order valence-corrected chi connectivity index (χ2v) is 3.42. The lowest BCUT2D eigenvalue weighted by molar-refractivity contribution is -0.114. The molecule has 1 amide bonds. The van der Waals surface area contributed by atoms with E-state index in [9.17, 15) is 4.79 Å². The lowest BCUT2D eigenvalue weighted by atomic mass is 10.2. The summed E-state index contributed by atoms with van der Waals surface area (Å²) in [5.41, 5.74) is 0.900. The fourth-order valence-corrected chi connectivity index (χ4v) is 1.44. The van der Waals surface area contributed by atoms with Crippen molar-refractivity contribution in [2.45, 2.75) is 0 Å². The Morgan fingerprint density at radius 1 is 1.33 bits per heavy atom. The van der Waals surface area contributed by atoms with Crippen LogP contribution < -0.4 is 4.90 Å². The number of nitrogens with zero attached hydrogens (tertiary/aromatic N) is 1. The van der Waals surface area contributed by atoms with E-state index in [4.69, 9.17) is 0 Å². The maximum atomic E-state index is 11.0. The molecule has 1 aromatic rings. The Bertz CT molecular complexity index is 359. The summed E-state index contributed by atoms with van der Waals surface area (Å²) in [6, 6.07) is 7.63. The number of carbonyl (C=O) groups excluding carboxylic acids is 1. The lowest BCUT2D eigenvalue weighted by Crippen LogP contribution is -2.30. The Morgan fingerprint density at radius 3 is 2.67 bits per heavy atom. The zero-order valence-electron chi connectivity index (χ0n) is 6.20. The molecule has 0 unspecified atom stereocenters. The first-order chi connectivity index (χ1) is 5.77. The fraction of sp³-hybridized carbons (Fsp3) is 0. The molecule has 0 saturated carbocycles. The fourth-order valence-electron chi connectivity index (χ4n) is 1.05. The van der Waals surface area contributed by atoms with Gasteiger partial charge in [-0.3, -0.25) is 9.69 Å². The Hall–Kier alpha value is -1.09.